The summed E-state index contributed by atoms with van der Waals surface area (Å²) in [5, 5.41) is 0. The lowest BCUT2D eigenvalue weighted by molar-refractivity contribution is -0.128. The molecule has 2 nitrogen and oxygen atoms in total. The third-order valence-corrected chi connectivity index (χ3v) is 3.76. The molecule has 0 aliphatic carbocycles. The quantitative estimate of drug-likeness (QED) is 0.434. The smallest absolute Gasteiger partial charge is 0.336 e. The van der Waals surface area contributed by atoms with Crippen LogP contribution >= 0.6 is 0 Å². The van der Waals surface area contributed by atoms with Crippen molar-refractivity contribution >= 4 is 12.0 Å². The van der Waals surface area contributed by atoms with Crippen molar-refractivity contribution in [2.24, 2.45) is 0 Å². The standard InChI is InChI=1S/C20H22O2/c1-4-16(3)18-7-5-6-8-19(18)22-20(21)14-13-17-11-9-15(2)10-12-17/h5-14,16H,4H2,1-3H3. The van der Waals surface area contributed by atoms with Gasteiger partial charge in [0.05, 0.1) is 0 Å². The minimum Gasteiger partial charge on any atom is -0.423 e. The number of esters is 1. The Labute approximate surface area is 132 Å². The number of hydrogen-bond acceptors (Lipinski definition) is 2. The molecule has 0 aromatic heterocycles. The van der Waals surface area contributed by atoms with Gasteiger partial charge in [0.25, 0.3) is 0 Å². The molecule has 2 aromatic rings. The minimum atomic E-state index is -0.351. The van der Waals surface area contributed by atoms with Gasteiger partial charge in [0.2, 0.25) is 0 Å². The van der Waals surface area contributed by atoms with Crippen LogP contribution in [-0.4, -0.2) is 5.97 Å². The van der Waals surface area contributed by atoms with Crippen molar-refractivity contribution in [3.05, 3.63) is 71.3 Å². The molecule has 0 saturated carbocycles. The van der Waals surface area contributed by atoms with Crippen LogP contribution in [0.3, 0.4) is 0 Å². The summed E-state index contributed by atoms with van der Waals surface area (Å²) in [6.45, 7) is 6.29. The van der Waals surface area contributed by atoms with Crippen LogP contribution in [0.1, 0.15) is 42.9 Å². The van der Waals surface area contributed by atoms with Crippen LogP contribution < -0.4 is 4.74 Å². The lowest BCUT2D eigenvalue weighted by Gasteiger charge is -2.13. The molecule has 114 valence electrons. The second-order valence-electron chi connectivity index (χ2n) is 5.51. The summed E-state index contributed by atoms with van der Waals surface area (Å²) in [6.07, 6.45) is 4.25. The number of carbonyl (C=O) groups is 1. The molecule has 22 heavy (non-hydrogen) atoms. The number of hydrogen-bond donors (Lipinski definition) is 0. The highest BCUT2D eigenvalue weighted by Gasteiger charge is 2.11. The lowest BCUT2D eigenvalue weighted by atomic mass is 9.98. The average molecular weight is 294 g/mol. The Balaban J connectivity index is 2.08. The Bertz CT molecular complexity index is 654. The van der Waals surface area contributed by atoms with Gasteiger partial charge in [0.1, 0.15) is 5.75 Å². The van der Waals surface area contributed by atoms with Gasteiger partial charge in [-0.25, -0.2) is 4.79 Å². The van der Waals surface area contributed by atoms with E-state index in [2.05, 4.69) is 13.8 Å². The van der Waals surface area contributed by atoms with Crippen LogP contribution in [0.5, 0.6) is 5.75 Å². The summed E-state index contributed by atoms with van der Waals surface area (Å²) >= 11 is 0. The zero-order valence-electron chi connectivity index (χ0n) is 13.4. The van der Waals surface area contributed by atoms with E-state index in [-0.39, 0.29) is 5.97 Å². The maximum Gasteiger partial charge on any atom is 0.336 e. The molecule has 0 bridgehead atoms. The molecular weight excluding hydrogens is 272 g/mol. The van der Waals surface area contributed by atoms with Crippen molar-refractivity contribution in [1.82, 2.24) is 0 Å². The van der Waals surface area contributed by atoms with Gasteiger partial charge in [-0.05, 0) is 42.5 Å². The second kappa shape index (κ2) is 7.60. The van der Waals surface area contributed by atoms with Crippen LogP contribution in [0, 0.1) is 6.92 Å². The van der Waals surface area contributed by atoms with Gasteiger partial charge in [-0.3, -0.25) is 0 Å². The van der Waals surface area contributed by atoms with E-state index in [1.807, 2.05) is 55.5 Å². The number of carbonyl (C=O) groups excluding carboxylic acids is 1. The van der Waals surface area contributed by atoms with Crippen molar-refractivity contribution < 1.29 is 9.53 Å². The van der Waals surface area contributed by atoms with Crippen molar-refractivity contribution in [1.29, 1.82) is 0 Å². The summed E-state index contributed by atoms with van der Waals surface area (Å²) in [7, 11) is 0. The van der Waals surface area contributed by atoms with E-state index in [4.69, 9.17) is 4.74 Å². The molecule has 1 unspecified atom stereocenters. The first kappa shape index (κ1) is 16.0. The van der Waals surface area contributed by atoms with E-state index >= 15 is 0 Å². The maximum atomic E-state index is 12.0. The van der Waals surface area contributed by atoms with Gasteiger partial charge < -0.3 is 4.74 Å². The van der Waals surface area contributed by atoms with Crippen molar-refractivity contribution in [3.63, 3.8) is 0 Å². The van der Waals surface area contributed by atoms with E-state index in [1.54, 1.807) is 6.08 Å². The van der Waals surface area contributed by atoms with Gasteiger partial charge in [0, 0.05) is 6.08 Å². The zero-order chi connectivity index (χ0) is 15.9. The summed E-state index contributed by atoms with van der Waals surface area (Å²) in [6, 6.07) is 15.7. The Morgan fingerprint density at radius 1 is 1.14 bits per heavy atom. The number of rotatable bonds is 5. The summed E-state index contributed by atoms with van der Waals surface area (Å²) in [4.78, 5) is 12.0. The monoisotopic (exact) mass is 294 g/mol. The molecule has 2 heteroatoms. The molecule has 0 aliphatic rings. The Kier molecular flexibility index (Phi) is 5.54. The van der Waals surface area contributed by atoms with Crippen LogP contribution in [0.15, 0.2) is 54.6 Å². The number of ether oxygens (including phenoxy) is 1. The van der Waals surface area contributed by atoms with E-state index < -0.39 is 0 Å². The van der Waals surface area contributed by atoms with Gasteiger partial charge in [-0.2, -0.15) is 0 Å². The highest BCUT2D eigenvalue weighted by atomic mass is 16.5. The fraction of sp³-hybridized carbons (Fsp3) is 0.250. The third-order valence-electron chi connectivity index (χ3n) is 3.76. The van der Waals surface area contributed by atoms with Crippen LogP contribution in [0.4, 0.5) is 0 Å². The highest BCUT2D eigenvalue weighted by Crippen LogP contribution is 2.28. The summed E-state index contributed by atoms with van der Waals surface area (Å²) in [5.41, 5.74) is 3.25. The molecule has 0 radical (unpaired) electrons. The fourth-order valence-electron chi connectivity index (χ4n) is 2.18. The normalized spacial score (nSPS) is 12.3. The first-order valence-corrected chi connectivity index (χ1v) is 7.65. The molecular formula is C20H22O2. The van der Waals surface area contributed by atoms with Gasteiger partial charge in [0.15, 0.2) is 0 Å². The Morgan fingerprint density at radius 2 is 1.82 bits per heavy atom. The lowest BCUT2D eigenvalue weighted by Crippen LogP contribution is -2.06. The largest absolute Gasteiger partial charge is 0.423 e. The predicted octanol–water partition coefficient (Wildman–Crippen LogP) is 5.13. The molecule has 2 aromatic carbocycles. The van der Waals surface area contributed by atoms with Crippen LogP contribution in [0.25, 0.3) is 6.08 Å². The zero-order valence-corrected chi connectivity index (χ0v) is 13.4. The number of para-hydroxylation sites is 1. The molecule has 0 aliphatic heterocycles. The highest BCUT2D eigenvalue weighted by molar-refractivity contribution is 5.88. The van der Waals surface area contributed by atoms with Crippen molar-refractivity contribution in [2.45, 2.75) is 33.1 Å². The summed E-state index contributed by atoms with van der Waals surface area (Å²) < 4.78 is 5.49. The van der Waals surface area contributed by atoms with E-state index in [1.165, 1.54) is 11.6 Å². The van der Waals surface area contributed by atoms with Crippen molar-refractivity contribution in [3.8, 4) is 5.75 Å². The number of benzene rings is 2. The molecule has 0 saturated heterocycles. The topological polar surface area (TPSA) is 26.3 Å². The third kappa shape index (κ3) is 4.32. The molecule has 0 spiro atoms. The fourth-order valence-corrected chi connectivity index (χ4v) is 2.18. The van der Waals surface area contributed by atoms with Crippen LogP contribution in [0.2, 0.25) is 0 Å². The molecule has 0 amide bonds. The predicted molar refractivity (Wildman–Crippen MR) is 91.0 cm³/mol. The van der Waals surface area contributed by atoms with E-state index in [0.29, 0.717) is 11.7 Å². The van der Waals surface area contributed by atoms with Gasteiger partial charge in [-0.15, -0.1) is 0 Å². The van der Waals surface area contributed by atoms with Crippen molar-refractivity contribution in [2.75, 3.05) is 0 Å². The molecule has 2 rings (SSSR count). The number of aryl methyl sites for hydroxylation is 1. The van der Waals surface area contributed by atoms with Crippen LogP contribution in [-0.2, 0) is 4.79 Å². The SMILES string of the molecule is CCC(C)c1ccccc1OC(=O)C=Cc1ccc(C)cc1. The average Bonchev–Trinajstić information content (AvgIpc) is 2.54. The molecule has 0 N–H and O–H groups in total. The maximum absolute atomic E-state index is 12.0. The Hall–Kier alpha value is -2.35. The Morgan fingerprint density at radius 3 is 2.50 bits per heavy atom. The first-order valence-electron chi connectivity index (χ1n) is 7.65. The van der Waals surface area contributed by atoms with E-state index in [9.17, 15) is 4.79 Å². The minimum absolute atomic E-state index is 0.351. The molecule has 0 fully saturated rings. The van der Waals surface area contributed by atoms with E-state index in [0.717, 1.165) is 17.5 Å². The molecule has 1 atom stereocenters. The summed E-state index contributed by atoms with van der Waals surface area (Å²) in [5.74, 6) is 0.664. The van der Waals surface area contributed by atoms with Gasteiger partial charge in [-0.1, -0.05) is 61.9 Å². The molecule has 0 heterocycles. The first-order chi connectivity index (χ1) is 10.6. The second-order valence-corrected chi connectivity index (χ2v) is 5.51. The van der Waals surface area contributed by atoms with Gasteiger partial charge >= 0.3 is 5.97 Å².